The summed E-state index contributed by atoms with van der Waals surface area (Å²) in [6, 6.07) is 11.6. The van der Waals surface area contributed by atoms with Crippen LogP contribution in [0.15, 0.2) is 52.1 Å². The van der Waals surface area contributed by atoms with Crippen LogP contribution in [0.5, 0.6) is 0 Å². The van der Waals surface area contributed by atoms with E-state index in [0.717, 1.165) is 0 Å². The molecule has 0 radical (unpaired) electrons. The van der Waals surface area contributed by atoms with Crippen molar-refractivity contribution < 1.29 is 14.4 Å². The quantitative estimate of drug-likeness (QED) is 0.278. The van der Waals surface area contributed by atoms with Gasteiger partial charge in [0.2, 0.25) is 5.82 Å². The van der Waals surface area contributed by atoms with Crippen molar-refractivity contribution in [2.24, 2.45) is 5.11 Å². The molecule has 118 valence electrons. The summed E-state index contributed by atoms with van der Waals surface area (Å²) in [5.41, 5.74) is 10.3. The van der Waals surface area contributed by atoms with E-state index in [-0.39, 0.29) is 11.5 Å². The number of nitrogens with zero attached hydrogens (tertiary/aromatic N) is 5. The number of rotatable bonds is 4. The number of hydrogen-bond donors (Lipinski definition) is 1. The summed E-state index contributed by atoms with van der Waals surface area (Å²) in [6.07, 6.45) is 0. The number of azide groups is 1. The Hall–Kier alpha value is -2.91. The number of hydrogen-bond acceptors (Lipinski definition) is 5. The lowest BCUT2D eigenvalue weighted by atomic mass is 10.1. The van der Waals surface area contributed by atoms with Crippen LogP contribution >= 0.6 is 22.6 Å². The highest BCUT2D eigenvalue weighted by Gasteiger charge is 2.14. The predicted octanol–water partition coefficient (Wildman–Crippen LogP) is 4.65. The summed E-state index contributed by atoms with van der Waals surface area (Å²) in [6.45, 7) is 0. The van der Waals surface area contributed by atoms with Gasteiger partial charge in [-0.25, -0.2) is 4.79 Å². The first-order valence-electron chi connectivity index (χ1n) is 6.61. The highest BCUT2D eigenvalue weighted by atomic mass is 127. The molecule has 1 heterocycles. The molecule has 0 saturated carbocycles. The summed E-state index contributed by atoms with van der Waals surface area (Å²) < 4.78 is 5.85. The zero-order chi connectivity index (χ0) is 17.1. The number of carbonyl (C=O) groups is 1. The molecular formula is C15H8IN5O3. The topological polar surface area (TPSA) is 125 Å². The number of aromatic carboxylic acids is 1. The molecular weight excluding hydrogens is 425 g/mol. The summed E-state index contributed by atoms with van der Waals surface area (Å²) >= 11 is 1.96. The van der Waals surface area contributed by atoms with E-state index < -0.39 is 5.97 Å². The van der Waals surface area contributed by atoms with Gasteiger partial charge in [0, 0.05) is 25.3 Å². The highest BCUT2D eigenvalue weighted by molar-refractivity contribution is 14.1. The maximum absolute atomic E-state index is 11.2. The summed E-state index contributed by atoms with van der Waals surface area (Å²) in [4.78, 5) is 18.2. The lowest BCUT2D eigenvalue weighted by Crippen LogP contribution is -2.00. The Morgan fingerprint density at radius 2 is 1.92 bits per heavy atom. The van der Waals surface area contributed by atoms with Crippen LogP contribution in [0.3, 0.4) is 0 Å². The Balaban J connectivity index is 1.94. The number of benzene rings is 2. The molecule has 0 fully saturated rings. The van der Waals surface area contributed by atoms with Gasteiger partial charge >= 0.3 is 5.97 Å². The number of carboxylic acids is 1. The van der Waals surface area contributed by atoms with Gasteiger partial charge in [0.05, 0.1) is 5.56 Å². The van der Waals surface area contributed by atoms with E-state index in [2.05, 4.69) is 20.2 Å². The van der Waals surface area contributed by atoms with E-state index in [1.165, 1.54) is 6.07 Å². The molecule has 3 rings (SSSR count). The minimum atomic E-state index is -1.02. The Morgan fingerprint density at radius 3 is 2.58 bits per heavy atom. The largest absolute Gasteiger partial charge is 0.478 e. The minimum absolute atomic E-state index is 0.179. The van der Waals surface area contributed by atoms with Crippen LogP contribution in [-0.2, 0) is 0 Å². The van der Waals surface area contributed by atoms with E-state index in [1.54, 1.807) is 36.4 Å². The van der Waals surface area contributed by atoms with Gasteiger partial charge in [-0.2, -0.15) is 4.98 Å². The van der Waals surface area contributed by atoms with E-state index in [1.807, 2.05) is 22.6 Å². The first-order valence-corrected chi connectivity index (χ1v) is 7.69. The number of carboxylic acid groups (broad SMARTS) is 1. The fraction of sp³-hybridized carbons (Fsp3) is 0. The molecule has 0 unspecified atom stereocenters. The van der Waals surface area contributed by atoms with Gasteiger partial charge in [-0.3, -0.25) is 0 Å². The third kappa shape index (κ3) is 3.21. The number of halogens is 1. The normalized spacial score (nSPS) is 10.2. The molecule has 1 N–H and O–H groups in total. The maximum atomic E-state index is 11.2. The van der Waals surface area contributed by atoms with Crippen LogP contribution in [0.1, 0.15) is 10.4 Å². The summed E-state index contributed by atoms with van der Waals surface area (Å²) in [5.74, 6) is -0.436. The second-order valence-electron chi connectivity index (χ2n) is 4.66. The molecule has 8 nitrogen and oxygen atoms in total. The fourth-order valence-corrected chi connectivity index (χ4v) is 2.57. The zero-order valence-electron chi connectivity index (χ0n) is 11.9. The SMILES string of the molecule is [N-]=[N+]=Nc1ccc(-c2nc(-c3ccc(I)c(C(=O)O)c3)no2)cc1. The second-order valence-corrected chi connectivity index (χ2v) is 5.82. The van der Waals surface area contributed by atoms with Crippen molar-refractivity contribution in [3.63, 3.8) is 0 Å². The molecule has 1 aromatic heterocycles. The fourth-order valence-electron chi connectivity index (χ4n) is 2.01. The standard InChI is InChI=1S/C15H8IN5O3/c16-12-6-3-9(7-11(12)15(22)23)13-18-14(24-20-13)8-1-4-10(5-2-8)19-21-17/h1-7H,(H,22,23). The van der Waals surface area contributed by atoms with Crippen molar-refractivity contribution in [2.45, 2.75) is 0 Å². The van der Waals surface area contributed by atoms with Gasteiger partial charge in [0.25, 0.3) is 5.89 Å². The van der Waals surface area contributed by atoms with Crippen LogP contribution in [0, 0.1) is 3.57 Å². The van der Waals surface area contributed by atoms with Gasteiger partial charge in [-0.15, -0.1) is 0 Å². The van der Waals surface area contributed by atoms with Crippen molar-refractivity contribution in [1.82, 2.24) is 10.1 Å². The van der Waals surface area contributed by atoms with E-state index in [0.29, 0.717) is 26.2 Å². The van der Waals surface area contributed by atoms with Crippen molar-refractivity contribution in [1.29, 1.82) is 0 Å². The Bertz CT molecular complexity index is 961. The molecule has 0 atom stereocenters. The Labute approximate surface area is 148 Å². The molecule has 0 aliphatic carbocycles. The molecule has 2 aromatic carbocycles. The van der Waals surface area contributed by atoms with Gasteiger partial charge < -0.3 is 9.63 Å². The molecule has 0 bridgehead atoms. The van der Waals surface area contributed by atoms with Gasteiger partial charge in [-0.1, -0.05) is 22.4 Å². The van der Waals surface area contributed by atoms with Crippen LogP contribution in [-0.4, -0.2) is 21.2 Å². The smallest absolute Gasteiger partial charge is 0.336 e. The van der Waals surface area contributed by atoms with Crippen LogP contribution in [0.2, 0.25) is 0 Å². The minimum Gasteiger partial charge on any atom is -0.478 e. The molecule has 3 aromatic rings. The van der Waals surface area contributed by atoms with E-state index in [9.17, 15) is 9.90 Å². The summed E-state index contributed by atoms with van der Waals surface area (Å²) in [5, 5.41) is 16.6. The molecule has 0 aliphatic heterocycles. The second kappa shape index (κ2) is 6.69. The average molecular weight is 433 g/mol. The molecule has 0 aliphatic rings. The predicted molar refractivity (Wildman–Crippen MR) is 93.7 cm³/mol. The third-order valence-corrected chi connectivity index (χ3v) is 4.10. The first-order chi connectivity index (χ1) is 11.6. The van der Waals surface area contributed by atoms with Crippen LogP contribution in [0.25, 0.3) is 33.3 Å². The van der Waals surface area contributed by atoms with Crippen molar-refractivity contribution >= 4 is 34.2 Å². The van der Waals surface area contributed by atoms with Crippen molar-refractivity contribution in [3.8, 4) is 22.8 Å². The summed E-state index contributed by atoms with van der Waals surface area (Å²) in [7, 11) is 0. The molecule has 24 heavy (non-hydrogen) atoms. The molecule has 0 spiro atoms. The van der Waals surface area contributed by atoms with Crippen LogP contribution in [0.4, 0.5) is 5.69 Å². The van der Waals surface area contributed by atoms with Gasteiger partial charge in [-0.05, 0) is 58.5 Å². The Morgan fingerprint density at radius 1 is 1.21 bits per heavy atom. The van der Waals surface area contributed by atoms with Gasteiger partial charge in [0.15, 0.2) is 0 Å². The lowest BCUT2D eigenvalue weighted by molar-refractivity contribution is 0.0696. The third-order valence-electron chi connectivity index (χ3n) is 3.16. The number of aromatic nitrogens is 2. The lowest BCUT2D eigenvalue weighted by Gasteiger charge is -2.00. The van der Waals surface area contributed by atoms with Gasteiger partial charge in [0.1, 0.15) is 0 Å². The first kappa shape index (κ1) is 16.0. The van der Waals surface area contributed by atoms with Crippen LogP contribution < -0.4 is 0 Å². The molecule has 0 amide bonds. The van der Waals surface area contributed by atoms with Crippen molar-refractivity contribution in [2.75, 3.05) is 0 Å². The van der Waals surface area contributed by atoms with E-state index in [4.69, 9.17) is 10.1 Å². The highest BCUT2D eigenvalue weighted by Crippen LogP contribution is 2.26. The maximum Gasteiger partial charge on any atom is 0.336 e. The Kier molecular flexibility index (Phi) is 4.45. The average Bonchev–Trinajstić information content (AvgIpc) is 3.06. The zero-order valence-corrected chi connectivity index (χ0v) is 14.1. The monoisotopic (exact) mass is 433 g/mol. The molecule has 9 heteroatoms. The molecule has 0 saturated heterocycles. The van der Waals surface area contributed by atoms with E-state index >= 15 is 0 Å². The van der Waals surface area contributed by atoms with Crippen molar-refractivity contribution in [3.05, 3.63) is 62.0 Å².